The Morgan fingerprint density at radius 1 is 0.900 bits per heavy atom. The number of nitrogens with one attached hydrogen (secondary N) is 1. The summed E-state index contributed by atoms with van der Waals surface area (Å²) in [4.78, 5) is 47.4. The zero-order chi connectivity index (χ0) is 34.9. The molecule has 1 fully saturated rings. The minimum Gasteiger partial charge on any atom is -0.457 e. The summed E-state index contributed by atoms with van der Waals surface area (Å²) in [6, 6.07) is 30.3. The van der Waals surface area contributed by atoms with Gasteiger partial charge < -0.3 is 29.8 Å². The fourth-order valence-electron chi connectivity index (χ4n) is 5.98. The number of fused-ring (bicyclic) bond motifs is 1. The van der Waals surface area contributed by atoms with E-state index in [4.69, 9.17) is 31.2 Å². The lowest BCUT2D eigenvalue weighted by Crippen LogP contribution is -2.47. The van der Waals surface area contributed by atoms with Gasteiger partial charge in [-0.25, -0.2) is 4.98 Å². The average molecular weight is 695 g/mol. The zero-order valence-corrected chi connectivity index (χ0v) is 28.3. The van der Waals surface area contributed by atoms with Crippen LogP contribution in [0.4, 0.5) is 0 Å². The highest BCUT2D eigenvalue weighted by atomic mass is 35.5. The molecule has 1 aromatic heterocycles. The molecule has 0 aliphatic carbocycles. The first-order valence-electron chi connectivity index (χ1n) is 16.7. The average Bonchev–Trinajstić information content (AvgIpc) is 3.77. The Kier molecular flexibility index (Phi) is 11.5. The molecule has 0 bridgehead atoms. The third-order valence-electron chi connectivity index (χ3n) is 8.65. The van der Waals surface area contributed by atoms with E-state index in [1.807, 2.05) is 72.8 Å². The third kappa shape index (κ3) is 8.95. The molecule has 2 heterocycles. The first-order valence-corrected chi connectivity index (χ1v) is 17.1. The van der Waals surface area contributed by atoms with E-state index < -0.39 is 23.8 Å². The van der Waals surface area contributed by atoms with Crippen molar-refractivity contribution in [1.82, 2.24) is 15.2 Å². The molecule has 0 radical (unpaired) electrons. The Morgan fingerprint density at radius 2 is 1.66 bits per heavy atom. The van der Waals surface area contributed by atoms with Gasteiger partial charge in [0, 0.05) is 18.1 Å². The lowest BCUT2D eigenvalue weighted by atomic mass is 10.0. The van der Waals surface area contributed by atoms with Crippen LogP contribution in [-0.2, 0) is 27.4 Å². The number of para-hydroxylation sites is 3. The van der Waals surface area contributed by atoms with Crippen LogP contribution in [0.25, 0.3) is 11.1 Å². The number of carbonyl (C=O) groups is 3. The molecule has 3 atom stereocenters. The number of hydrogen-bond donors (Lipinski definition) is 2. The molecular weight excluding hydrogens is 656 g/mol. The highest BCUT2D eigenvalue weighted by molar-refractivity contribution is 6.30. The number of oxazole rings is 1. The third-order valence-corrected chi connectivity index (χ3v) is 8.90. The van der Waals surface area contributed by atoms with Gasteiger partial charge in [0.25, 0.3) is 5.89 Å². The van der Waals surface area contributed by atoms with Crippen molar-refractivity contribution < 1.29 is 28.3 Å². The van der Waals surface area contributed by atoms with Crippen molar-refractivity contribution in [2.75, 3.05) is 19.6 Å². The van der Waals surface area contributed by atoms with Gasteiger partial charge in [-0.3, -0.25) is 14.4 Å². The van der Waals surface area contributed by atoms with Gasteiger partial charge in [-0.2, -0.15) is 0 Å². The van der Waals surface area contributed by atoms with Gasteiger partial charge in [-0.05, 0) is 85.5 Å². The van der Waals surface area contributed by atoms with Crippen LogP contribution in [0.1, 0.15) is 41.1 Å². The van der Waals surface area contributed by atoms with Crippen molar-refractivity contribution >= 4 is 40.3 Å². The van der Waals surface area contributed by atoms with E-state index in [0.29, 0.717) is 53.4 Å². The maximum absolute atomic E-state index is 14.0. The van der Waals surface area contributed by atoms with Crippen molar-refractivity contribution in [3.63, 3.8) is 0 Å². The molecule has 2 amide bonds. The number of amides is 2. The number of ether oxygens (including phenoxy) is 2. The van der Waals surface area contributed by atoms with Crippen LogP contribution in [0.15, 0.2) is 108 Å². The Hall–Kier alpha value is -5.03. The molecule has 6 rings (SSSR count). The van der Waals surface area contributed by atoms with Gasteiger partial charge in [0.1, 0.15) is 17.0 Å². The minimum atomic E-state index is -0.892. The van der Waals surface area contributed by atoms with Crippen molar-refractivity contribution in [3.05, 3.63) is 125 Å². The van der Waals surface area contributed by atoms with E-state index in [2.05, 4.69) is 10.3 Å². The summed E-state index contributed by atoms with van der Waals surface area (Å²) in [5.41, 5.74) is 8.43. The summed E-state index contributed by atoms with van der Waals surface area (Å²) >= 11 is 6.07. The number of unbranched alkanes of at least 4 members (excludes halogenated alkanes) is 1. The number of nitrogens with two attached hydrogens (primary N) is 1. The van der Waals surface area contributed by atoms with Crippen LogP contribution in [0.5, 0.6) is 11.5 Å². The number of carbonyl (C=O) groups excluding carboxylic acids is 3. The first kappa shape index (κ1) is 34.8. The molecule has 1 aliphatic heterocycles. The van der Waals surface area contributed by atoms with Gasteiger partial charge in [0.15, 0.2) is 5.58 Å². The standard InChI is InChI=1S/C39H39ClN4O6/c40-28-18-16-26(17-19-28)25-48-35-24-44(36(45)22-27-9-8-12-30(21-27)49-29-10-2-1-3-11-29)23-31(35)38(47)42-33(14-6-7-20-41)37(46)39-43-32-13-4-5-15-34(32)50-39/h1-5,8-13,15-19,21,31,33,35H,6-7,14,20,22-25,41H2,(H,42,47)/t31-,33-,35-/m0/s1. The monoisotopic (exact) mass is 694 g/mol. The molecule has 0 unspecified atom stereocenters. The van der Waals surface area contributed by atoms with Crippen molar-refractivity contribution in [3.8, 4) is 11.5 Å². The number of halogens is 1. The zero-order valence-electron chi connectivity index (χ0n) is 27.5. The predicted molar refractivity (Wildman–Crippen MR) is 190 cm³/mol. The Morgan fingerprint density at radius 3 is 2.44 bits per heavy atom. The maximum Gasteiger partial charge on any atom is 0.266 e. The summed E-state index contributed by atoms with van der Waals surface area (Å²) < 4.78 is 18.0. The Bertz CT molecular complexity index is 1880. The largest absolute Gasteiger partial charge is 0.457 e. The molecular formula is C39H39ClN4O6. The number of ketones is 1. The second-order valence-electron chi connectivity index (χ2n) is 12.3. The Balaban J connectivity index is 1.17. The summed E-state index contributed by atoms with van der Waals surface area (Å²) in [5.74, 6) is -0.446. The van der Waals surface area contributed by atoms with Crippen LogP contribution in [0.3, 0.4) is 0 Å². The van der Waals surface area contributed by atoms with Gasteiger partial charge in [-0.15, -0.1) is 0 Å². The fraction of sp³-hybridized carbons (Fsp3) is 0.282. The molecule has 11 heteroatoms. The number of aromatic nitrogens is 1. The summed E-state index contributed by atoms with van der Waals surface area (Å²) in [6.45, 7) is 1.01. The van der Waals surface area contributed by atoms with Crippen LogP contribution >= 0.6 is 11.6 Å². The molecule has 1 aliphatic rings. The number of nitrogens with zero attached hydrogens (tertiary/aromatic N) is 2. The van der Waals surface area contributed by atoms with E-state index in [1.165, 1.54) is 0 Å². The lowest BCUT2D eigenvalue weighted by molar-refractivity contribution is -0.130. The van der Waals surface area contributed by atoms with Crippen LogP contribution < -0.4 is 15.8 Å². The van der Waals surface area contributed by atoms with Gasteiger partial charge in [0.2, 0.25) is 17.6 Å². The predicted octanol–water partition coefficient (Wildman–Crippen LogP) is 6.36. The second-order valence-corrected chi connectivity index (χ2v) is 12.8. The topological polar surface area (TPSA) is 137 Å². The molecule has 50 heavy (non-hydrogen) atoms. The van der Waals surface area contributed by atoms with Crippen molar-refractivity contribution in [2.45, 2.75) is 44.4 Å². The number of hydrogen-bond acceptors (Lipinski definition) is 8. The minimum absolute atomic E-state index is 0.0681. The summed E-state index contributed by atoms with van der Waals surface area (Å²) in [5, 5.41) is 3.56. The molecule has 3 N–H and O–H groups in total. The molecule has 4 aromatic carbocycles. The SMILES string of the molecule is NCCCC[C@H](NC(=O)[C@H]1CN(C(=O)Cc2cccc(Oc3ccccc3)c2)C[C@@H]1OCc1ccc(Cl)cc1)C(=O)c1nc2ccccc2o1. The summed E-state index contributed by atoms with van der Waals surface area (Å²) in [6.07, 6.45) is 1.15. The van der Waals surface area contributed by atoms with E-state index >= 15 is 0 Å². The first-order chi connectivity index (χ1) is 24.4. The van der Waals surface area contributed by atoms with Crippen LogP contribution in [0.2, 0.25) is 5.02 Å². The maximum atomic E-state index is 14.0. The molecule has 1 saturated heterocycles. The van der Waals surface area contributed by atoms with Gasteiger partial charge in [-0.1, -0.05) is 66.2 Å². The molecule has 5 aromatic rings. The van der Waals surface area contributed by atoms with E-state index in [9.17, 15) is 14.4 Å². The van der Waals surface area contributed by atoms with Gasteiger partial charge in [0.05, 0.1) is 31.1 Å². The van der Waals surface area contributed by atoms with Gasteiger partial charge >= 0.3 is 0 Å². The second kappa shape index (κ2) is 16.6. The normalized spacial score (nSPS) is 16.3. The fourth-order valence-corrected chi connectivity index (χ4v) is 6.11. The molecule has 0 spiro atoms. The molecule has 258 valence electrons. The highest BCUT2D eigenvalue weighted by Gasteiger charge is 2.41. The van der Waals surface area contributed by atoms with E-state index in [-0.39, 0.29) is 43.8 Å². The lowest BCUT2D eigenvalue weighted by Gasteiger charge is -2.22. The van der Waals surface area contributed by atoms with Crippen LogP contribution in [0, 0.1) is 5.92 Å². The number of benzene rings is 4. The molecule has 10 nitrogen and oxygen atoms in total. The highest BCUT2D eigenvalue weighted by Crippen LogP contribution is 2.26. The van der Waals surface area contributed by atoms with Crippen molar-refractivity contribution in [1.29, 1.82) is 0 Å². The number of Topliss-reactive ketones (excluding diaryl/α,β-unsaturated/α-hetero) is 1. The Labute approximate surface area is 295 Å². The number of likely N-dealkylation sites (tertiary alicyclic amines) is 1. The van der Waals surface area contributed by atoms with E-state index in [0.717, 1.165) is 11.1 Å². The van der Waals surface area contributed by atoms with Crippen LogP contribution in [-0.4, -0.2) is 59.3 Å². The van der Waals surface area contributed by atoms with Crippen molar-refractivity contribution in [2.24, 2.45) is 11.7 Å². The quantitative estimate of drug-likeness (QED) is 0.0955. The number of rotatable bonds is 15. The molecule has 0 saturated carbocycles. The smallest absolute Gasteiger partial charge is 0.266 e. The summed E-state index contributed by atoms with van der Waals surface area (Å²) in [7, 11) is 0. The van der Waals surface area contributed by atoms with E-state index in [1.54, 1.807) is 35.2 Å².